The number of rotatable bonds is 31. The lowest BCUT2D eigenvalue weighted by Crippen LogP contribution is -2.65. The van der Waals surface area contributed by atoms with Crippen molar-refractivity contribution in [1.82, 2.24) is 58.5 Å². The number of carbonyl (C=O) groups excluding carboxylic acids is 14. The summed E-state index contributed by atoms with van der Waals surface area (Å²) in [6, 6.07) is -10.2. The summed E-state index contributed by atoms with van der Waals surface area (Å²) < 4.78 is 4.85. The average molecular weight is 1280 g/mol. The molecule has 89 heavy (non-hydrogen) atoms. The number of nitrogens with one attached hydrogen (secondary N) is 11. The molecule has 0 aliphatic heterocycles. The lowest BCUT2D eigenvalue weighted by Gasteiger charge is -2.38. The maximum absolute atomic E-state index is 14.4. The fraction of sp³-hybridized carbons (Fsp3) is 0.774. The van der Waals surface area contributed by atoms with Crippen molar-refractivity contribution in [2.45, 2.75) is 240 Å². The summed E-state index contributed by atoms with van der Waals surface area (Å²) >= 11 is 0.843. The predicted molar refractivity (Wildman–Crippen MR) is 340 cm³/mol. The Kier molecular flexibility index (Phi) is 31.9. The van der Waals surface area contributed by atoms with Crippen LogP contribution in [0.4, 0.5) is 0 Å². The van der Waals surface area contributed by atoms with Crippen LogP contribution in [0.5, 0.6) is 0 Å². The van der Waals surface area contributed by atoms with Crippen molar-refractivity contribution >= 4 is 93.6 Å². The van der Waals surface area contributed by atoms with Gasteiger partial charge in [0.2, 0.25) is 70.0 Å². The summed E-state index contributed by atoms with van der Waals surface area (Å²) in [7, 11) is 0. The summed E-state index contributed by atoms with van der Waals surface area (Å²) in [5.74, 6) is -9.52. The molecule has 0 aliphatic rings. The third kappa shape index (κ3) is 30.1. The van der Waals surface area contributed by atoms with Gasteiger partial charge in [0.25, 0.3) is 5.91 Å². The Labute approximate surface area is 532 Å². The van der Waals surface area contributed by atoms with Crippen LogP contribution < -0.4 is 58.5 Å². The molecule has 11 amide bonds. The first-order chi connectivity index (χ1) is 40.2. The molecule has 508 valence electrons. The number of hydrogen-bond acceptors (Lipinski definition) is 16. The minimum atomic E-state index is -1.33. The van der Waals surface area contributed by atoms with Crippen LogP contribution in [0, 0.1) is 37.9 Å². The maximum atomic E-state index is 14.4. The Hall–Kier alpha value is -6.67. The van der Waals surface area contributed by atoms with E-state index >= 15 is 0 Å². The van der Waals surface area contributed by atoms with Crippen LogP contribution in [0.2, 0.25) is 0 Å². The number of thioether (sulfide) groups is 1. The summed E-state index contributed by atoms with van der Waals surface area (Å²) in [5, 5.41) is 28.2. The SMILES string of the molecule is CCOC(=O)CCSC(=O)CNC(=O)[C@H](C)NC(=O)[C@H](NC(=O)[C@@H](NC(=O)[C@@H](C)NC(=O)[C@@H](NC(=O)[C@H](NC(=O)[C@@H](NC(=O)CNC(=O)[C@@H](NC(=O)CNC(=O)C(=O)CCC(C)(C)C)C(C)(C)CC)C(C)(C)C)C(C)(C)C)C(C)(C)C)C(C)(C)C)C(C)(C)C. The molecule has 0 saturated heterocycles. The fourth-order valence-corrected chi connectivity index (χ4v) is 8.94. The molecular formula is C62H109N11O15S. The van der Waals surface area contributed by atoms with E-state index in [0.29, 0.717) is 12.8 Å². The summed E-state index contributed by atoms with van der Waals surface area (Å²) in [5.41, 5.74) is -5.98. The largest absolute Gasteiger partial charge is 0.466 e. The van der Waals surface area contributed by atoms with Crippen molar-refractivity contribution in [3.63, 3.8) is 0 Å². The van der Waals surface area contributed by atoms with Gasteiger partial charge in [-0.25, -0.2) is 0 Å². The second kappa shape index (κ2) is 34.5. The van der Waals surface area contributed by atoms with E-state index in [2.05, 4.69) is 58.5 Å². The Morgan fingerprint density at radius 1 is 0.382 bits per heavy atom. The highest BCUT2D eigenvalue weighted by Crippen LogP contribution is 2.28. The topological polar surface area (TPSA) is 381 Å². The number of ketones is 1. The minimum Gasteiger partial charge on any atom is -0.466 e. The fourth-order valence-electron chi connectivity index (χ4n) is 8.26. The van der Waals surface area contributed by atoms with Gasteiger partial charge in [0.1, 0.15) is 48.3 Å². The molecule has 0 bridgehead atoms. The van der Waals surface area contributed by atoms with Crippen molar-refractivity contribution in [3.8, 4) is 0 Å². The smallest absolute Gasteiger partial charge is 0.306 e. The van der Waals surface area contributed by atoms with Crippen LogP contribution in [0.15, 0.2) is 0 Å². The normalized spacial score (nSPS) is 15.0. The van der Waals surface area contributed by atoms with Crippen LogP contribution in [0.25, 0.3) is 0 Å². The second-order valence-corrected chi connectivity index (χ2v) is 30.9. The van der Waals surface area contributed by atoms with Gasteiger partial charge in [0, 0.05) is 12.2 Å². The van der Waals surface area contributed by atoms with E-state index in [1.807, 2.05) is 20.8 Å². The third-order valence-corrected chi connectivity index (χ3v) is 15.2. The summed E-state index contributed by atoms with van der Waals surface area (Å²) in [6.07, 6.45) is 0.862. The highest BCUT2D eigenvalue weighted by molar-refractivity contribution is 8.13. The molecule has 8 atom stereocenters. The number of carbonyl (C=O) groups is 14. The van der Waals surface area contributed by atoms with Crippen molar-refractivity contribution < 1.29 is 71.9 Å². The van der Waals surface area contributed by atoms with Gasteiger partial charge in [-0.2, -0.15) is 0 Å². The van der Waals surface area contributed by atoms with Gasteiger partial charge in [0.05, 0.1) is 32.7 Å². The van der Waals surface area contributed by atoms with Crippen LogP contribution >= 0.6 is 11.8 Å². The first-order valence-corrected chi connectivity index (χ1v) is 31.3. The number of Topliss-reactive ketones (excluding diaryl/α,β-unsaturated/α-hetero) is 1. The van der Waals surface area contributed by atoms with Crippen molar-refractivity contribution in [2.75, 3.05) is 32.0 Å². The zero-order chi connectivity index (χ0) is 69.8. The first kappa shape index (κ1) is 82.3. The van der Waals surface area contributed by atoms with E-state index in [9.17, 15) is 67.1 Å². The zero-order valence-electron chi connectivity index (χ0n) is 57.5. The van der Waals surface area contributed by atoms with Gasteiger partial charge >= 0.3 is 5.97 Å². The molecule has 11 N–H and O–H groups in total. The molecule has 0 unspecified atom stereocenters. The molecule has 0 aromatic carbocycles. The van der Waals surface area contributed by atoms with Crippen molar-refractivity contribution in [2.24, 2.45) is 37.9 Å². The van der Waals surface area contributed by atoms with E-state index < -0.39 is 176 Å². The first-order valence-electron chi connectivity index (χ1n) is 30.3. The summed E-state index contributed by atoms with van der Waals surface area (Å²) in [6.45, 7) is 39.2. The van der Waals surface area contributed by atoms with Crippen molar-refractivity contribution in [1.29, 1.82) is 0 Å². The molecule has 26 nitrogen and oxygen atoms in total. The van der Waals surface area contributed by atoms with E-state index in [1.165, 1.54) is 13.8 Å². The number of amides is 11. The van der Waals surface area contributed by atoms with Crippen molar-refractivity contribution in [3.05, 3.63) is 0 Å². The third-order valence-electron chi connectivity index (χ3n) is 14.3. The molecule has 0 heterocycles. The van der Waals surface area contributed by atoms with E-state index in [-0.39, 0.29) is 37.2 Å². The number of hydrogen-bond donors (Lipinski definition) is 11. The molecule has 0 fully saturated rings. The Bertz CT molecular complexity index is 2550. The second-order valence-electron chi connectivity index (χ2n) is 29.8. The molecule has 0 aromatic heterocycles. The highest BCUT2D eigenvalue weighted by Gasteiger charge is 2.44. The quantitative estimate of drug-likeness (QED) is 0.0351. The van der Waals surface area contributed by atoms with Gasteiger partial charge in [-0.05, 0) is 71.5 Å². The lowest BCUT2D eigenvalue weighted by molar-refractivity contribution is -0.142. The van der Waals surface area contributed by atoms with Crippen LogP contribution in [0.3, 0.4) is 0 Å². The molecule has 0 aliphatic carbocycles. The van der Waals surface area contributed by atoms with Gasteiger partial charge in [0.15, 0.2) is 0 Å². The lowest BCUT2D eigenvalue weighted by atomic mass is 9.81. The maximum Gasteiger partial charge on any atom is 0.306 e. The van der Waals surface area contributed by atoms with Crippen LogP contribution in [-0.4, -0.2) is 162 Å². The highest BCUT2D eigenvalue weighted by atomic mass is 32.2. The minimum absolute atomic E-state index is 0.00762. The molecular weight excluding hydrogens is 1170 g/mol. The predicted octanol–water partition coefficient (Wildman–Crippen LogP) is 2.53. The van der Waals surface area contributed by atoms with Gasteiger partial charge in [-0.1, -0.05) is 157 Å². The molecule has 0 spiro atoms. The summed E-state index contributed by atoms with van der Waals surface area (Å²) in [4.78, 5) is 187. The average Bonchev–Trinajstić information content (AvgIpc) is 0.990. The Balaban J connectivity index is 6.27. The molecule has 0 aromatic rings. The molecule has 0 radical (unpaired) electrons. The number of esters is 1. The van der Waals surface area contributed by atoms with Crippen LogP contribution in [0.1, 0.15) is 192 Å². The van der Waals surface area contributed by atoms with E-state index in [4.69, 9.17) is 4.74 Å². The van der Waals surface area contributed by atoms with E-state index in [1.54, 1.807) is 132 Å². The Morgan fingerprint density at radius 2 is 0.719 bits per heavy atom. The monoisotopic (exact) mass is 1280 g/mol. The zero-order valence-corrected chi connectivity index (χ0v) is 58.3. The Morgan fingerprint density at radius 3 is 1.09 bits per heavy atom. The van der Waals surface area contributed by atoms with Gasteiger partial charge in [-0.3, -0.25) is 67.1 Å². The number of ether oxygens (including phenoxy) is 1. The van der Waals surface area contributed by atoms with Crippen LogP contribution in [-0.2, 0) is 71.9 Å². The molecule has 0 rings (SSSR count). The van der Waals surface area contributed by atoms with Gasteiger partial charge in [-0.15, -0.1) is 0 Å². The molecule has 0 saturated carbocycles. The standard InChI is InChI=1S/C62H109N11O15S/c1-25-62(23,24)46(69-38(76)31-63-49(81)36(74)27-29-56(5,6)7)50(82)64-32-37(75)68-41(57(8,9)10)53(85)73-45(61(20,21)22)55(87)72-43(59(14,15)16)52(84)67-35(4)48(80)70-44(60(17,18)19)54(86)71-42(58(11,12)13)51(83)66-34(3)47(79)65-33-40(78)89-30-28-39(77)88-26-2/h34-35,41-46H,25-33H2,1-24H3,(H,63,81)(H,64,82)(H,65,79)(H,66,83)(H,67,84)(H,68,75)(H,69,76)(H,70,80)(H,71,86)(H,72,87)(H,73,85)/t34-,35+,41+,42-,43+,44+,45-,46+/m0/s1. The molecule has 27 heteroatoms. The van der Waals surface area contributed by atoms with E-state index in [0.717, 1.165) is 11.8 Å². The van der Waals surface area contributed by atoms with Gasteiger partial charge < -0.3 is 63.2 Å².